The van der Waals surface area contributed by atoms with Crippen molar-refractivity contribution in [3.05, 3.63) is 83.0 Å². The van der Waals surface area contributed by atoms with Crippen molar-refractivity contribution in [1.29, 1.82) is 0 Å². The zero-order valence-electron chi connectivity index (χ0n) is 20.8. The Morgan fingerprint density at radius 1 is 0.971 bits per heavy atom. The summed E-state index contributed by atoms with van der Waals surface area (Å²) < 4.78 is 0. The molecule has 2 heterocycles. The number of rotatable bonds is 8. The number of unbranched alkanes of at least 4 members (excludes halogenated alkanes) is 1. The van der Waals surface area contributed by atoms with Crippen molar-refractivity contribution in [2.24, 2.45) is 0 Å². The highest BCUT2D eigenvalue weighted by molar-refractivity contribution is 6.35. The van der Waals surface area contributed by atoms with Crippen LogP contribution in [-0.2, 0) is 6.42 Å². The third kappa shape index (κ3) is 5.15. The molecule has 0 spiro atoms. The summed E-state index contributed by atoms with van der Waals surface area (Å²) in [5, 5.41) is 1.71. The zero-order chi connectivity index (χ0) is 24.2. The molecule has 1 aliphatic rings. The number of halogens is 1. The molecule has 3 nitrogen and oxygen atoms in total. The number of benzene rings is 2. The van der Waals surface area contributed by atoms with Gasteiger partial charge >= 0.3 is 0 Å². The van der Waals surface area contributed by atoms with E-state index in [0.717, 1.165) is 77.5 Å². The predicted octanol–water partition coefficient (Wildman–Crippen LogP) is 7.72. The molecule has 4 heteroatoms. The second kappa shape index (κ2) is 10.7. The molecule has 0 bridgehead atoms. The van der Waals surface area contributed by atoms with Crippen LogP contribution in [0.4, 0.5) is 0 Å². The van der Waals surface area contributed by atoms with Crippen molar-refractivity contribution in [1.82, 2.24) is 14.8 Å². The molecule has 1 aliphatic heterocycles. The molecule has 0 unspecified atom stereocenters. The molecule has 0 aliphatic carbocycles. The van der Waals surface area contributed by atoms with E-state index in [-0.39, 0.29) is 0 Å². The Hall–Kier alpha value is -2.78. The first kappa shape index (κ1) is 24.3. The number of nitrogens with zero attached hydrogens (tertiary/aromatic N) is 3. The molecule has 0 saturated carbocycles. The first-order valence-corrected chi connectivity index (χ1v) is 12.9. The van der Waals surface area contributed by atoms with E-state index in [9.17, 15) is 0 Å². The molecular weight excluding hydrogens is 438 g/mol. The molecule has 0 atom stereocenters. The molecule has 0 amide bonds. The third-order valence-corrected chi connectivity index (χ3v) is 7.36. The molecule has 34 heavy (non-hydrogen) atoms. The summed E-state index contributed by atoms with van der Waals surface area (Å²) in [6.45, 7) is 19.2. The third-order valence-electron chi connectivity index (χ3n) is 7.05. The Labute approximate surface area is 209 Å². The quantitative estimate of drug-likeness (QED) is 0.333. The van der Waals surface area contributed by atoms with E-state index < -0.39 is 0 Å². The van der Waals surface area contributed by atoms with E-state index in [1.165, 1.54) is 29.7 Å². The van der Waals surface area contributed by atoms with E-state index in [0.29, 0.717) is 0 Å². The molecule has 0 N–H and O–H groups in total. The van der Waals surface area contributed by atoms with Crippen molar-refractivity contribution in [3.8, 4) is 11.3 Å². The van der Waals surface area contributed by atoms with Crippen molar-refractivity contribution >= 4 is 28.2 Å². The largest absolute Gasteiger partial charge is 0.372 e. The second-order valence-electron chi connectivity index (χ2n) is 9.31. The van der Waals surface area contributed by atoms with Gasteiger partial charge in [0.2, 0.25) is 0 Å². The number of aryl methyl sites for hydroxylation is 2. The van der Waals surface area contributed by atoms with Gasteiger partial charge in [-0.2, -0.15) is 0 Å². The molecule has 2 aromatic carbocycles. The van der Waals surface area contributed by atoms with Gasteiger partial charge in [0.05, 0.1) is 16.2 Å². The van der Waals surface area contributed by atoms with Crippen molar-refractivity contribution in [2.75, 3.05) is 26.2 Å². The summed E-state index contributed by atoms with van der Waals surface area (Å²) in [4.78, 5) is 9.81. The highest BCUT2D eigenvalue weighted by Crippen LogP contribution is 2.31. The van der Waals surface area contributed by atoms with Gasteiger partial charge < -0.3 is 9.80 Å². The topological polar surface area (TPSA) is 19.4 Å². The Bertz CT molecular complexity index is 1210. The Balaban J connectivity index is 1.55. The van der Waals surface area contributed by atoms with Crippen molar-refractivity contribution in [2.45, 2.75) is 46.5 Å². The fraction of sp³-hybridized carbons (Fsp3) is 0.367. The minimum Gasteiger partial charge on any atom is -0.372 e. The molecule has 178 valence electrons. The van der Waals surface area contributed by atoms with Gasteiger partial charge in [-0.05, 0) is 61.1 Å². The monoisotopic (exact) mass is 473 g/mol. The van der Waals surface area contributed by atoms with Gasteiger partial charge in [-0.15, -0.1) is 0 Å². The summed E-state index contributed by atoms with van der Waals surface area (Å²) in [7, 11) is 0. The fourth-order valence-electron chi connectivity index (χ4n) is 4.74. The number of piperazine rings is 1. The van der Waals surface area contributed by atoms with Gasteiger partial charge in [0.15, 0.2) is 0 Å². The number of fused-ring (bicyclic) bond motifs is 1. The van der Waals surface area contributed by atoms with Crippen LogP contribution in [0.1, 0.15) is 49.8 Å². The predicted molar refractivity (Wildman–Crippen MR) is 147 cm³/mol. The van der Waals surface area contributed by atoms with Crippen LogP contribution in [0.3, 0.4) is 0 Å². The molecule has 1 fully saturated rings. The van der Waals surface area contributed by atoms with Gasteiger partial charge in [-0.1, -0.05) is 69.3 Å². The number of hydrogen-bond acceptors (Lipinski definition) is 3. The van der Waals surface area contributed by atoms with Crippen LogP contribution in [0, 0.1) is 6.92 Å². The first-order chi connectivity index (χ1) is 16.4. The normalized spacial score (nSPS) is 14.0. The van der Waals surface area contributed by atoms with Crippen LogP contribution in [-0.4, -0.2) is 41.0 Å². The van der Waals surface area contributed by atoms with Gasteiger partial charge in [0, 0.05) is 48.5 Å². The summed E-state index contributed by atoms with van der Waals surface area (Å²) in [5.74, 6) is 0. The van der Waals surface area contributed by atoms with Crippen molar-refractivity contribution < 1.29 is 0 Å². The smallest absolute Gasteiger partial charge is 0.0731 e. The summed E-state index contributed by atoms with van der Waals surface area (Å²) >= 11 is 6.69. The lowest BCUT2D eigenvalue weighted by molar-refractivity contribution is 0.209. The molecule has 1 aromatic heterocycles. The Morgan fingerprint density at radius 3 is 2.41 bits per heavy atom. The Morgan fingerprint density at radius 2 is 1.71 bits per heavy atom. The number of aromatic nitrogens is 1. The summed E-state index contributed by atoms with van der Waals surface area (Å²) in [6.07, 6.45) is 4.52. The number of allylic oxidation sites excluding steroid dienone is 1. The maximum atomic E-state index is 6.69. The minimum absolute atomic E-state index is 0.731. The van der Waals surface area contributed by atoms with E-state index in [2.05, 4.69) is 80.1 Å². The lowest BCUT2D eigenvalue weighted by atomic mass is 10.0. The zero-order valence-corrected chi connectivity index (χ0v) is 21.6. The van der Waals surface area contributed by atoms with Crippen molar-refractivity contribution in [3.63, 3.8) is 0 Å². The Kier molecular flexibility index (Phi) is 7.63. The molecular formula is C30H36ClN3. The van der Waals surface area contributed by atoms with E-state index in [1.54, 1.807) is 0 Å². The highest BCUT2D eigenvalue weighted by Gasteiger charge is 2.20. The van der Waals surface area contributed by atoms with Crippen LogP contribution in [0.15, 0.2) is 61.3 Å². The molecule has 0 radical (unpaired) electrons. The van der Waals surface area contributed by atoms with Crippen LogP contribution >= 0.6 is 11.6 Å². The fourth-order valence-corrected chi connectivity index (χ4v) is 5.00. The lowest BCUT2D eigenvalue weighted by Crippen LogP contribution is -2.44. The second-order valence-corrected chi connectivity index (χ2v) is 9.71. The number of hydrogen-bond donors (Lipinski definition) is 0. The van der Waals surface area contributed by atoms with E-state index in [4.69, 9.17) is 16.6 Å². The molecule has 1 saturated heterocycles. The van der Waals surface area contributed by atoms with E-state index in [1.807, 2.05) is 6.07 Å². The standard InChI is InChI=1S/C30H36ClN3/c1-6-8-9-22(4)33-14-16-34(17-15-33)23(5)25-12-13-27-28(31)20-29(32-30(27)19-25)26-11-10-21(3)24(7-2)18-26/h10-13,18-20H,4-9,14-17H2,1-3H3. The van der Waals surface area contributed by atoms with Gasteiger partial charge in [-0.25, -0.2) is 4.98 Å². The van der Waals surface area contributed by atoms with E-state index >= 15 is 0 Å². The molecule has 3 aromatic rings. The minimum atomic E-state index is 0.731. The number of pyridine rings is 1. The van der Waals surface area contributed by atoms with Gasteiger partial charge in [0.1, 0.15) is 0 Å². The summed E-state index contributed by atoms with van der Waals surface area (Å²) in [6, 6.07) is 14.8. The van der Waals surface area contributed by atoms with Crippen LogP contribution in [0.5, 0.6) is 0 Å². The van der Waals surface area contributed by atoms with Crippen LogP contribution < -0.4 is 0 Å². The van der Waals surface area contributed by atoms with Gasteiger partial charge in [0.25, 0.3) is 0 Å². The highest BCUT2D eigenvalue weighted by atomic mass is 35.5. The first-order valence-electron chi connectivity index (χ1n) is 12.5. The molecule has 4 rings (SSSR count). The van der Waals surface area contributed by atoms with Crippen LogP contribution in [0.2, 0.25) is 5.02 Å². The maximum absolute atomic E-state index is 6.69. The summed E-state index contributed by atoms with van der Waals surface area (Å²) in [5.41, 5.74) is 9.00. The van der Waals surface area contributed by atoms with Gasteiger partial charge in [-0.3, -0.25) is 0 Å². The maximum Gasteiger partial charge on any atom is 0.0731 e. The average molecular weight is 474 g/mol. The lowest BCUT2D eigenvalue weighted by Gasteiger charge is -2.39. The SMILES string of the molecule is C=C(CCCC)N1CCN(C(=C)c2ccc3c(Cl)cc(-c4ccc(C)c(CC)c4)nc3c2)CC1. The average Bonchev–Trinajstić information content (AvgIpc) is 2.86. The van der Waals surface area contributed by atoms with Crippen LogP contribution in [0.25, 0.3) is 27.9 Å².